The number of hydrogen-bond acceptors (Lipinski definition) is 2. The summed E-state index contributed by atoms with van der Waals surface area (Å²) in [4.78, 5) is 10.9. The lowest BCUT2D eigenvalue weighted by atomic mass is 10.2. The van der Waals surface area contributed by atoms with Gasteiger partial charge in [-0.3, -0.25) is 10.2 Å². The third-order valence-corrected chi connectivity index (χ3v) is 2.05. The second kappa shape index (κ2) is 5.29. The fraction of sp³-hybridized carbons (Fsp3) is 0. The van der Waals surface area contributed by atoms with Crippen LogP contribution in [0.4, 0.5) is 0 Å². The number of amides is 1. The molecule has 0 aliphatic rings. The number of carbonyl (C=O) groups excluding carboxylic acids is 1. The molecule has 0 spiro atoms. The minimum absolute atomic E-state index is 0. The molecule has 0 aliphatic carbocycles. The predicted octanol–water partition coefficient (Wildman–Crippen LogP) is 2.02. The standard InChI is InChI=1S/C7H6Cl2N2O.ClH/c8-5-2-1-4(3-6(5)9)7(12)11-10;/h1-3H,10H2,(H,11,12);1H. The van der Waals surface area contributed by atoms with Crippen molar-refractivity contribution >= 4 is 41.5 Å². The molecule has 3 N–H and O–H groups in total. The summed E-state index contributed by atoms with van der Waals surface area (Å²) >= 11 is 11.3. The van der Waals surface area contributed by atoms with Gasteiger partial charge in [0.15, 0.2) is 0 Å². The average Bonchev–Trinajstić information content (AvgIpc) is 2.08. The Kier molecular flexibility index (Phi) is 5.10. The van der Waals surface area contributed by atoms with Crippen molar-refractivity contribution in [3.05, 3.63) is 33.8 Å². The molecule has 13 heavy (non-hydrogen) atoms. The largest absolute Gasteiger partial charge is 0.290 e. The molecule has 0 atom stereocenters. The van der Waals surface area contributed by atoms with Crippen LogP contribution in [0.25, 0.3) is 0 Å². The molecule has 0 heterocycles. The summed E-state index contributed by atoms with van der Waals surface area (Å²) in [6, 6.07) is 4.52. The van der Waals surface area contributed by atoms with Crippen molar-refractivity contribution in [2.24, 2.45) is 5.84 Å². The van der Waals surface area contributed by atoms with Crippen molar-refractivity contribution in [2.45, 2.75) is 0 Å². The first-order valence-corrected chi connectivity index (χ1v) is 3.86. The van der Waals surface area contributed by atoms with Gasteiger partial charge in [0.2, 0.25) is 0 Å². The third kappa shape index (κ3) is 3.04. The van der Waals surface area contributed by atoms with E-state index < -0.39 is 5.91 Å². The number of rotatable bonds is 1. The third-order valence-electron chi connectivity index (χ3n) is 1.31. The number of halogens is 3. The fourth-order valence-corrected chi connectivity index (χ4v) is 1.02. The van der Waals surface area contributed by atoms with Gasteiger partial charge in [-0.15, -0.1) is 12.4 Å². The summed E-state index contributed by atoms with van der Waals surface area (Å²) in [5.74, 6) is 4.52. The number of nitrogen functional groups attached to an aromatic ring is 1. The number of hydrogen-bond donors (Lipinski definition) is 2. The van der Waals surface area contributed by atoms with E-state index in [0.717, 1.165) is 0 Å². The number of hydrazine groups is 1. The zero-order valence-corrected chi connectivity index (χ0v) is 8.71. The SMILES string of the molecule is Cl.NNC(=O)c1ccc(Cl)c(Cl)c1. The van der Waals surface area contributed by atoms with E-state index in [9.17, 15) is 4.79 Å². The monoisotopic (exact) mass is 240 g/mol. The number of nitrogens with one attached hydrogen (secondary N) is 1. The van der Waals surface area contributed by atoms with Gasteiger partial charge in [0.1, 0.15) is 0 Å². The van der Waals surface area contributed by atoms with Gasteiger partial charge in [-0.25, -0.2) is 5.84 Å². The van der Waals surface area contributed by atoms with Crippen LogP contribution >= 0.6 is 35.6 Å². The molecule has 0 radical (unpaired) electrons. The molecule has 0 saturated carbocycles. The highest BCUT2D eigenvalue weighted by Crippen LogP contribution is 2.22. The molecule has 0 fully saturated rings. The lowest BCUT2D eigenvalue weighted by Crippen LogP contribution is -2.29. The highest BCUT2D eigenvalue weighted by Gasteiger charge is 2.05. The van der Waals surface area contributed by atoms with Crippen LogP contribution in [0.2, 0.25) is 10.0 Å². The summed E-state index contributed by atoms with van der Waals surface area (Å²) < 4.78 is 0. The first kappa shape index (κ1) is 12.5. The van der Waals surface area contributed by atoms with Crippen LogP contribution in [0.1, 0.15) is 10.4 Å². The van der Waals surface area contributed by atoms with E-state index >= 15 is 0 Å². The molecule has 1 aromatic carbocycles. The fourth-order valence-electron chi connectivity index (χ4n) is 0.721. The molecule has 3 nitrogen and oxygen atoms in total. The van der Waals surface area contributed by atoms with Crippen LogP contribution in [0.15, 0.2) is 18.2 Å². The van der Waals surface area contributed by atoms with E-state index in [0.29, 0.717) is 15.6 Å². The minimum Gasteiger partial charge on any atom is -0.290 e. The number of benzene rings is 1. The summed E-state index contributed by atoms with van der Waals surface area (Å²) in [7, 11) is 0. The molecule has 1 aromatic rings. The molecule has 0 aliphatic heterocycles. The van der Waals surface area contributed by atoms with Gasteiger partial charge < -0.3 is 0 Å². The summed E-state index contributed by atoms with van der Waals surface area (Å²) in [5, 5.41) is 0.739. The van der Waals surface area contributed by atoms with Crippen molar-refractivity contribution in [3.63, 3.8) is 0 Å². The van der Waals surface area contributed by atoms with E-state index in [1.54, 1.807) is 0 Å². The maximum atomic E-state index is 10.9. The zero-order valence-electron chi connectivity index (χ0n) is 6.38. The quantitative estimate of drug-likeness (QED) is 0.449. The van der Waals surface area contributed by atoms with Gasteiger partial charge in [0.05, 0.1) is 10.0 Å². The van der Waals surface area contributed by atoms with Crippen LogP contribution in [-0.2, 0) is 0 Å². The predicted molar refractivity (Wildman–Crippen MR) is 55.4 cm³/mol. The second-order valence-corrected chi connectivity index (χ2v) is 2.92. The summed E-state index contributed by atoms with van der Waals surface area (Å²) in [6.45, 7) is 0. The molecular weight excluding hydrogens is 234 g/mol. The Morgan fingerprint density at radius 3 is 2.38 bits per heavy atom. The van der Waals surface area contributed by atoms with Crippen LogP contribution in [0.3, 0.4) is 0 Å². The lowest BCUT2D eigenvalue weighted by molar-refractivity contribution is 0.0953. The number of nitrogens with two attached hydrogens (primary N) is 1. The lowest BCUT2D eigenvalue weighted by Gasteiger charge is -2.00. The van der Waals surface area contributed by atoms with Crippen molar-refractivity contribution in [1.29, 1.82) is 0 Å². The van der Waals surface area contributed by atoms with E-state index in [-0.39, 0.29) is 12.4 Å². The molecule has 1 amide bonds. The van der Waals surface area contributed by atoms with Crippen LogP contribution in [0, 0.1) is 0 Å². The van der Waals surface area contributed by atoms with Gasteiger partial charge in [-0.2, -0.15) is 0 Å². The molecule has 0 aromatic heterocycles. The average molecular weight is 242 g/mol. The normalized spacial score (nSPS) is 8.85. The Morgan fingerprint density at radius 1 is 1.31 bits per heavy atom. The van der Waals surface area contributed by atoms with E-state index in [1.165, 1.54) is 18.2 Å². The summed E-state index contributed by atoms with van der Waals surface area (Å²) in [5.41, 5.74) is 2.37. The number of carbonyl (C=O) groups is 1. The maximum Gasteiger partial charge on any atom is 0.265 e. The van der Waals surface area contributed by atoms with Gasteiger partial charge >= 0.3 is 0 Å². The minimum atomic E-state index is -0.395. The van der Waals surface area contributed by atoms with Crippen molar-refractivity contribution in [1.82, 2.24) is 5.43 Å². The zero-order chi connectivity index (χ0) is 9.14. The molecule has 72 valence electrons. The van der Waals surface area contributed by atoms with Gasteiger partial charge in [-0.05, 0) is 18.2 Å². The van der Waals surface area contributed by atoms with Crippen molar-refractivity contribution < 1.29 is 4.79 Å². The second-order valence-electron chi connectivity index (χ2n) is 2.10. The highest BCUT2D eigenvalue weighted by atomic mass is 35.5. The van der Waals surface area contributed by atoms with E-state index in [1.807, 2.05) is 5.43 Å². The Labute approximate surface area is 91.6 Å². The Morgan fingerprint density at radius 2 is 1.92 bits per heavy atom. The van der Waals surface area contributed by atoms with Crippen molar-refractivity contribution in [3.8, 4) is 0 Å². The first-order chi connectivity index (χ1) is 5.65. The van der Waals surface area contributed by atoms with Crippen LogP contribution < -0.4 is 11.3 Å². The van der Waals surface area contributed by atoms with Gasteiger partial charge in [0, 0.05) is 5.56 Å². The van der Waals surface area contributed by atoms with Gasteiger partial charge in [-0.1, -0.05) is 23.2 Å². The van der Waals surface area contributed by atoms with Crippen LogP contribution in [-0.4, -0.2) is 5.91 Å². The topological polar surface area (TPSA) is 55.1 Å². The van der Waals surface area contributed by atoms with Crippen LogP contribution in [0.5, 0.6) is 0 Å². The molecule has 0 bridgehead atoms. The van der Waals surface area contributed by atoms with Crippen molar-refractivity contribution in [2.75, 3.05) is 0 Å². The highest BCUT2D eigenvalue weighted by molar-refractivity contribution is 6.42. The molecular formula is C7H7Cl3N2O. The Hall–Kier alpha value is -0.480. The molecule has 0 saturated heterocycles. The smallest absolute Gasteiger partial charge is 0.265 e. The first-order valence-electron chi connectivity index (χ1n) is 3.11. The summed E-state index contributed by atoms with van der Waals surface area (Å²) in [6.07, 6.45) is 0. The van der Waals surface area contributed by atoms with E-state index in [4.69, 9.17) is 29.0 Å². The van der Waals surface area contributed by atoms with Gasteiger partial charge in [0.25, 0.3) is 5.91 Å². The molecule has 6 heteroatoms. The maximum absolute atomic E-state index is 10.9. The molecule has 1 rings (SSSR count). The molecule has 0 unspecified atom stereocenters. The van der Waals surface area contributed by atoms with E-state index in [2.05, 4.69) is 0 Å². The Bertz CT molecular complexity index is 317. The Balaban J connectivity index is 0.00000144.